The highest BCUT2D eigenvalue weighted by Gasteiger charge is 2.37. The van der Waals surface area contributed by atoms with Crippen molar-refractivity contribution >= 4 is 15.0 Å². The molecule has 0 rings (SSSR count). The Morgan fingerprint density at radius 3 is 1.88 bits per heavy atom. The molecule has 0 radical (unpaired) electrons. The first-order valence-electron chi connectivity index (χ1n) is 10.4. The Balaban J connectivity index is 3.46. The van der Waals surface area contributed by atoms with E-state index in [2.05, 4.69) is 19.1 Å². The van der Waals surface area contributed by atoms with Crippen LogP contribution in [0.5, 0.6) is 0 Å². The van der Waals surface area contributed by atoms with Gasteiger partial charge < -0.3 is 15.3 Å². The van der Waals surface area contributed by atoms with Crippen LogP contribution < -0.4 is 0 Å². The van der Waals surface area contributed by atoms with Crippen LogP contribution in [0.15, 0.2) is 12.2 Å². The fourth-order valence-electron chi connectivity index (χ4n) is 2.88. The second-order valence-corrected chi connectivity index (χ2v) is 8.16. The molecular weight excluding hydrogens is 347 g/mol. The van der Waals surface area contributed by atoms with E-state index >= 15 is 0 Å². The molecule has 0 spiro atoms. The third kappa shape index (κ3) is 13.0. The summed E-state index contributed by atoms with van der Waals surface area (Å²) in [5, 5.41) is 26.2. The van der Waals surface area contributed by atoms with Gasteiger partial charge >= 0.3 is 0 Å². The van der Waals surface area contributed by atoms with Crippen LogP contribution in [-0.2, 0) is 4.79 Å². The largest absolute Gasteiger partial charge is 0.394 e. The van der Waals surface area contributed by atoms with Gasteiger partial charge in [0.1, 0.15) is 6.10 Å². The predicted molar refractivity (Wildman–Crippen MR) is 112 cm³/mol. The first-order valence-corrected chi connectivity index (χ1v) is 11.0. The van der Waals surface area contributed by atoms with Crippen molar-refractivity contribution in [1.82, 2.24) is 0 Å². The maximum Gasteiger partial charge on any atom is 0.170 e. The first-order chi connectivity index (χ1) is 12.5. The Morgan fingerprint density at radius 2 is 1.38 bits per heavy atom. The third-order valence-corrected chi connectivity index (χ3v) is 5.50. The summed E-state index contributed by atoms with van der Waals surface area (Å²) in [6, 6.07) is 0. The second kappa shape index (κ2) is 16.9. The van der Waals surface area contributed by atoms with Gasteiger partial charge in [0.15, 0.2) is 11.1 Å². The van der Waals surface area contributed by atoms with Crippen molar-refractivity contribution in [1.29, 1.82) is 0 Å². The number of aliphatic hydroxyl groups excluding tert-OH is 2. The highest BCUT2D eigenvalue weighted by atomic mass is 31.0. The number of Topliss-reactive ketones (excluding diaryl/α,β-unsaturated/α-hetero) is 1. The lowest BCUT2D eigenvalue weighted by atomic mass is 10.0. The monoisotopic (exact) mass is 388 g/mol. The molecular formula is C21H41O4P. The molecule has 0 saturated heterocycles. The Morgan fingerprint density at radius 1 is 0.923 bits per heavy atom. The molecule has 3 N–H and O–H groups in total. The Bertz CT molecular complexity index is 369. The third-order valence-electron chi connectivity index (χ3n) is 4.79. The summed E-state index contributed by atoms with van der Waals surface area (Å²) in [6.45, 7) is 1.62. The normalized spacial score (nSPS) is 15.3. The minimum Gasteiger partial charge on any atom is -0.394 e. The lowest BCUT2D eigenvalue weighted by Gasteiger charge is -2.25. The van der Waals surface area contributed by atoms with Crippen LogP contribution in [0.25, 0.3) is 0 Å². The highest BCUT2D eigenvalue weighted by molar-refractivity contribution is 7.20. The molecule has 0 heterocycles. The lowest BCUT2D eigenvalue weighted by molar-refractivity contribution is -0.139. The van der Waals surface area contributed by atoms with Gasteiger partial charge in [-0.05, 0) is 32.1 Å². The predicted octanol–water partition coefficient (Wildman–Crippen LogP) is 4.51. The van der Waals surface area contributed by atoms with Crippen LogP contribution in [0.2, 0.25) is 0 Å². The van der Waals surface area contributed by atoms with Gasteiger partial charge in [-0.2, -0.15) is 0 Å². The van der Waals surface area contributed by atoms with Gasteiger partial charge in [-0.3, -0.25) is 4.79 Å². The molecule has 0 aliphatic carbocycles. The first kappa shape index (κ1) is 25.7. The summed E-state index contributed by atoms with van der Waals surface area (Å²) in [7, 11) is 1.95. The van der Waals surface area contributed by atoms with E-state index in [0.717, 1.165) is 25.7 Å². The van der Waals surface area contributed by atoms with Gasteiger partial charge in [0.2, 0.25) is 0 Å². The van der Waals surface area contributed by atoms with Gasteiger partial charge in [0.25, 0.3) is 0 Å². The molecule has 0 aromatic carbocycles. The Labute approximate surface area is 162 Å². The van der Waals surface area contributed by atoms with Crippen LogP contribution in [-0.4, -0.2) is 39.2 Å². The van der Waals surface area contributed by atoms with E-state index in [1.54, 1.807) is 0 Å². The number of hydrogen-bond donors (Lipinski definition) is 3. The molecule has 3 atom stereocenters. The van der Waals surface area contributed by atoms with Crippen LogP contribution in [0, 0.1) is 0 Å². The molecule has 0 saturated carbocycles. The summed E-state index contributed by atoms with van der Waals surface area (Å²) >= 11 is 0. The second-order valence-electron chi connectivity index (χ2n) is 7.28. The van der Waals surface area contributed by atoms with Crippen LogP contribution in [0.1, 0.15) is 96.8 Å². The summed E-state index contributed by atoms with van der Waals surface area (Å²) < 4.78 is 0. The SMILES string of the molecule is CCCCCCCC/C=C\CCCCCCCC(=O)C(O)(P)C(O)CO. The number of hydrogen-bond acceptors (Lipinski definition) is 4. The zero-order valence-electron chi connectivity index (χ0n) is 16.7. The molecule has 0 aliphatic rings. The molecule has 0 bridgehead atoms. The smallest absolute Gasteiger partial charge is 0.170 e. The molecule has 26 heavy (non-hydrogen) atoms. The Kier molecular flexibility index (Phi) is 16.7. The van der Waals surface area contributed by atoms with E-state index in [1.807, 2.05) is 9.24 Å². The Hall–Kier alpha value is -0.280. The minimum absolute atomic E-state index is 0.231. The van der Waals surface area contributed by atoms with Crippen molar-refractivity contribution in [3.8, 4) is 0 Å². The van der Waals surface area contributed by atoms with Crippen molar-refractivity contribution in [3.63, 3.8) is 0 Å². The van der Waals surface area contributed by atoms with E-state index in [1.165, 1.54) is 51.4 Å². The molecule has 3 unspecified atom stereocenters. The molecule has 5 heteroatoms. The number of carbonyl (C=O) groups excluding carboxylic acids is 1. The van der Waals surface area contributed by atoms with Gasteiger partial charge in [-0.25, -0.2) is 0 Å². The number of ketones is 1. The molecule has 0 aliphatic heterocycles. The summed E-state index contributed by atoms with van der Waals surface area (Å²) in [6.07, 6.45) is 18.9. The number of aliphatic hydroxyl groups is 3. The standard InChI is InChI=1S/C21H41O4P/c1-2-3-4-5-6-7-8-9-10-11-12-13-14-15-16-17-19(23)21(25,26)20(24)18-22/h9-10,20,22,24-25H,2-8,11-18,26H2,1H3/b10-9-. The van der Waals surface area contributed by atoms with Crippen molar-refractivity contribution in [2.45, 2.75) is 108 Å². The summed E-state index contributed by atoms with van der Waals surface area (Å²) in [5.41, 5.74) is 0. The van der Waals surface area contributed by atoms with Crippen LogP contribution in [0.4, 0.5) is 0 Å². The fourth-order valence-corrected chi connectivity index (χ4v) is 3.13. The van der Waals surface area contributed by atoms with E-state index in [9.17, 15) is 15.0 Å². The maximum atomic E-state index is 11.8. The van der Waals surface area contributed by atoms with E-state index in [4.69, 9.17) is 5.11 Å². The average molecular weight is 389 g/mol. The summed E-state index contributed by atoms with van der Waals surface area (Å²) in [5.74, 6) is -0.429. The van der Waals surface area contributed by atoms with Gasteiger partial charge in [0.05, 0.1) is 6.61 Å². The fraction of sp³-hybridized carbons (Fsp3) is 0.857. The summed E-state index contributed by atoms with van der Waals surface area (Å²) in [4.78, 5) is 11.8. The van der Waals surface area contributed by atoms with Crippen molar-refractivity contribution in [3.05, 3.63) is 12.2 Å². The van der Waals surface area contributed by atoms with Crippen LogP contribution in [0.3, 0.4) is 0 Å². The van der Waals surface area contributed by atoms with E-state index in [-0.39, 0.29) is 6.42 Å². The van der Waals surface area contributed by atoms with Gasteiger partial charge in [-0.15, -0.1) is 0 Å². The molecule has 0 amide bonds. The zero-order valence-corrected chi connectivity index (χ0v) is 17.8. The quantitative estimate of drug-likeness (QED) is 0.183. The number of rotatable bonds is 18. The molecule has 154 valence electrons. The number of allylic oxidation sites excluding steroid dienone is 2. The van der Waals surface area contributed by atoms with Crippen molar-refractivity contribution in [2.75, 3.05) is 6.61 Å². The molecule has 0 aromatic heterocycles. The molecule has 0 aromatic rings. The van der Waals surface area contributed by atoms with E-state index < -0.39 is 23.8 Å². The topological polar surface area (TPSA) is 77.8 Å². The lowest BCUT2D eigenvalue weighted by Crippen LogP contribution is -2.45. The molecule has 4 nitrogen and oxygen atoms in total. The minimum atomic E-state index is -1.92. The maximum absolute atomic E-state index is 11.8. The average Bonchev–Trinajstić information content (AvgIpc) is 2.63. The number of carbonyl (C=O) groups is 1. The van der Waals surface area contributed by atoms with Crippen LogP contribution >= 0.6 is 9.24 Å². The van der Waals surface area contributed by atoms with Gasteiger partial charge in [0, 0.05) is 6.42 Å². The van der Waals surface area contributed by atoms with E-state index in [0.29, 0.717) is 6.42 Å². The number of unbranched alkanes of at least 4 members (excludes halogenated alkanes) is 11. The van der Waals surface area contributed by atoms with Crippen molar-refractivity contribution < 1.29 is 20.1 Å². The zero-order chi connectivity index (χ0) is 19.7. The molecule has 0 fully saturated rings. The highest BCUT2D eigenvalue weighted by Crippen LogP contribution is 2.23. The van der Waals surface area contributed by atoms with Gasteiger partial charge in [-0.1, -0.05) is 79.7 Å². The van der Waals surface area contributed by atoms with Crippen molar-refractivity contribution in [2.24, 2.45) is 0 Å².